The van der Waals surface area contributed by atoms with Gasteiger partial charge < -0.3 is 20.9 Å². The van der Waals surface area contributed by atoms with Crippen molar-refractivity contribution in [3.63, 3.8) is 0 Å². The van der Waals surface area contributed by atoms with Crippen molar-refractivity contribution in [1.29, 1.82) is 0 Å². The van der Waals surface area contributed by atoms with Crippen LogP contribution in [0.3, 0.4) is 0 Å². The first-order valence-electron chi connectivity index (χ1n) is 9.28. The van der Waals surface area contributed by atoms with Crippen LogP contribution in [0.15, 0.2) is 18.2 Å². The number of anilines is 1. The van der Waals surface area contributed by atoms with Gasteiger partial charge in [-0.3, -0.25) is 4.79 Å². The fourth-order valence-electron chi connectivity index (χ4n) is 3.84. The summed E-state index contributed by atoms with van der Waals surface area (Å²) in [4.78, 5) is 17.2. The van der Waals surface area contributed by atoms with Crippen molar-refractivity contribution in [2.75, 3.05) is 45.0 Å². The molecule has 24 heavy (non-hydrogen) atoms. The number of hydrogen-bond donors (Lipinski definition) is 2. The lowest BCUT2D eigenvalue weighted by atomic mass is 9.87. The Balaban J connectivity index is 1.48. The van der Waals surface area contributed by atoms with Crippen molar-refractivity contribution >= 4 is 11.6 Å². The van der Waals surface area contributed by atoms with E-state index in [1.807, 2.05) is 6.07 Å². The van der Waals surface area contributed by atoms with Crippen molar-refractivity contribution in [2.24, 2.45) is 0 Å². The van der Waals surface area contributed by atoms with E-state index in [-0.39, 0.29) is 11.9 Å². The SMILES string of the molecule is CCN1CCN(CCC(=O)NC2CCCc3cc(N)ccc32)CC1. The van der Waals surface area contributed by atoms with E-state index in [0.717, 1.165) is 64.2 Å². The van der Waals surface area contributed by atoms with Crippen LogP contribution < -0.4 is 11.1 Å². The quantitative estimate of drug-likeness (QED) is 0.808. The molecule has 1 unspecified atom stereocenters. The molecule has 1 aromatic carbocycles. The zero-order valence-electron chi connectivity index (χ0n) is 14.8. The lowest BCUT2D eigenvalue weighted by molar-refractivity contribution is -0.122. The first kappa shape index (κ1) is 17.2. The molecule has 0 spiro atoms. The summed E-state index contributed by atoms with van der Waals surface area (Å²) in [5.74, 6) is 0.169. The van der Waals surface area contributed by atoms with Crippen LogP contribution in [0.25, 0.3) is 0 Å². The van der Waals surface area contributed by atoms with Crippen LogP contribution in [0.1, 0.15) is 43.4 Å². The molecule has 3 N–H and O–H groups in total. The van der Waals surface area contributed by atoms with E-state index < -0.39 is 0 Å². The third kappa shape index (κ3) is 4.28. The summed E-state index contributed by atoms with van der Waals surface area (Å²) >= 11 is 0. The first-order chi connectivity index (χ1) is 11.7. The van der Waals surface area contributed by atoms with Crippen molar-refractivity contribution in [2.45, 2.75) is 38.6 Å². The Bertz CT molecular complexity index is 566. The molecule has 1 atom stereocenters. The van der Waals surface area contributed by atoms with Gasteiger partial charge in [-0.15, -0.1) is 0 Å². The summed E-state index contributed by atoms with van der Waals surface area (Å²) < 4.78 is 0. The number of nitrogens with two attached hydrogens (primary N) is 1. The molecule has 5 heteroatoms. The van der Waals surface area contributed by atoms with E-state index in [9.17, 15) is 4.79 Å². The Morgan fingerprint density at radius 3 is 2.75 bits per heavy atom. The van der Waals surface area contributed by atoms with Gasteiger partial charge in [-0.2, -0.15) is 0 Å². The number of aryl methyl sites for hydroxylation is 1. The Morgan fingerprint density at radius 2 is 2.00 bits per heavy atom. The fourth-order valence-corrected chi connectivity index (χ4v) is 3.84. The highest BCUT2D eigenvalue weighted by atomic mass is 16.1. The third-order valence-corrected chi connectivity index (χ3v) is 5.38. The standard InChI is InChI=1S/C19H30N4O/c1-2-22-10-12-23(13-11-22)9-8-19(24)21-18-5-3-4-15-14-16(20)6-7-17(15)18/h6-7,14,18H,2-5,8-13,20H2,1H3,(H,21,24). The zero-order valence-corrected chi connectivity index (χ0v) is 14.8. The molecule has 0 aromatic heterocycles. The smallest absolute Gasteiger partial charge is 0.221 e. The van der Waals surface area contributed by atoms with Crippen molar-refractivity contribution < 1.29 is 4.79 Å². The highest BCUT2D eigenvalue weighted by Crippen LogP contribution is 2.30. The molecule has 1 aromatic rings. The second-order valence-corrected chi connectivity index (χ2v) is 7.00. The number of nitrogen functional groups attached to an aromatic ring is 1. The second kappa shape index (κ2) is 7.99. The molecule has 1 aliphatic heterocycles. The molecular formula is C19H30N4O. The third-order valence-electron chi connectivity index (χ3n) is 5.38. The number of carbonyl (C=O) groups excluding carboxylic acids is 1. The molecular weight excluding hydrogens is 300 g/mol. The maximum atomic E-state index is 12.4. The molecule has 1 amide bonds. The van der Waals surface area contributed by atoms with Crippen LogP contribution in [0.4, 0.5) is 5.69 Å². The van der Waals surface area contributed by atoms with Gasteiger partial charge in [-0.25, -0.2) is 0 Å². The van der Waals surface area contributed by atoms with E-state index in [2.05, 4.69) is 34.2 Å². The van der Waals surface area contributed by atoms with E-state index >= 15 is 0 Å². The molecule has 3 rings (SSSR count). The largest absolute Gasteiger partial charge is 0.399 e. The number of rotatable bonds is 5. The van der Waals surface area contributed by atoms with Crippen LogP contribution in [-0.2, 0) is 11.2 Å². The molecule has 0 saturated carbocycles. The molecule has 2 aliphatic rings. The molecule has 0 radical (unpaired) electrons. The minimum Gasteiger partial charge on any atom is -0.399 e. The van der Waals surface area contributed by atoms with Gasteiger partial charge in [0.15, 0.2) is 0 Å². The fraction of sp³-hybridized carbons (Fsp3) is 0.632. The van der Waals surface area contributed by atoms with Crippen molar-refractivity contribution in [3.05, 3.63) is 29.3 Å². The molecule has 1 heterocycles. The van der Waals surface area contributed by atoms with Crippen LogP contribution in [0.2, 0.25) is 0 Å². The number of nitrogens with one attached hydrogen (secondary N) is 1. The van der Waals surface area contributed by atoms with Gasteiger partial charge >= 0.3 is 0 Å². The van der Waals surface area contributed by atoms with Gasteiger partial charge in [0.2, 0.25) is 5.91 Å². The number of carbonyl (C=O) groups is 1. The van der Waals surface area contributed by atoms with Crippen LogP contribution in [0, 0.1) is 0 Å². The maximum absolute atomic E-state index is 12.4. The maximum Gasteiger partial charge on any atom is 0.221 e. The topological polar surface area (TPSA) is 61.6 Å². The Hall–Kier alpha value is -1.59. The Morgan fingerprint density at radius 1 is 1.25 bits per heavy atom. The number of fused-ring (bicyclic) bond motifs is 1. The van der Waals surface area contributed by atoms with Gasteiger partial charge in [0.25, 0.3) is 0 Å². The van der Waals surface area contributed by atoms with Crippen molar-refractivity contribution in [1.82, 2.24) is 15.1 Å². The number of likely N-dealkylation sites (N-methyl/N-ethyl adjacent to an activating group) is 1. The van der Waals surface area contributed by atoms with Crippen molar-refractivity contribution in [3.8, 4) is 0 Å². The van der Waals surface area contributed by atoms with Crippen LogP contribution in [0.5, 0.6) is 0 Å². The second-order valence-electron chi connectivity index (χ2n) is 7.00. The van der Waals surface area contributed by atoms with Crippen LogP contribution >= 0.6 is 0 Å². The average molecular weight is 330 g/mol. The summed E-state index contributed by atoms with van der Waals surface area (Å²) in [6.07, 6.45) is 3.79. The molecule has 132 valence electrons. The van der Waals surface area contributed by atoms with Gasteiger partial charge in [0.1, 0.15) is 0 Å². The minimum absolute atomic E-state index is 0.152. The number of piperazine rings is 1. The minimum atomic E-state index is 0.152. The summed E-state index contributed by atoms with van der Waals surface area (Å²) in [5, 5.41) is 3.24. The monoisotopic (exact) mass is 330 g/mol. The molecule has 5 nitrogen and oxygen atoms in total. The predicted octanol–water partition coefficient (Wildman–Crippen LogP) is 1.79. The molecule has 1 saturated heterocycles. The number of benzene rings is 1. The zero-order chi connectivity index (χ0) is 16.9. The predicted molar refractivity (Wildman–Crippen MR) is 97.8 cm³/mol. The summed E-state index contributed by atoms with van der Waals surface area (Å²) in [6, 6.07) is 6.23. The lowest BCUT2D eigenvalue weighted by Crippen LogP contribution is -2.47. The van der Waals surface area contributed by atoms with Gasteiger partial charge in [-0.05, 0) is 49.1 Å². The van der Waals surface area contributed by atoms with Gasteiger partial charge in [0, 0.05) is 44.8 Å². The average Bonchev–Trinajstić information content (AvgIpc) is 2.60. The Kier molecular flexibility index (Phi) is 5.74. The lowest BCUT2D eigenvalue weighted by Gasteiger charge is -2.34. The van der Waals surface area contributed by atoms with E-state index in [1.54, 1.807) is 0 Å². The van der Waals surface area contributed by atoms with E-state index in [1.165, 1.54) is 11.1 Å². The highest BCUT2D eigenvalue weighted by Gasteiger charge is 2.22. The number of nitrogens with zero attached hydrogens (tertiary/aromatic N) is 2. The van der Waals surface area contributed by atoms with Crippen LogP contribution in [-0.4, -0.2) is 55.0 Å². The Labute approximate surface area is 145 Å². The molecule has 1 aliphatic carbocycles. The number of hydrogen-bond acceptors (Lipinski definition) is 4. The number of amides is 1. The summed E-state index contributed by atoms with van der Waals surface area (Å²) in [5.41, 5.74) is 9.24. The van der Waals surface area contributed by atoms with Gasteiger partial charge in [0.05, 0.1) is 6.04 Å². The summed E-state index contributed by atoms with van der Waals surface area (Å²) in [7, 11) is 0. The van der Waals surface area contributed by atoms with E-state index in [0.29, 0.717) is 6.42 Å². The molecule has 1 fully saturated rings. The highest BCUT2D eigenvalue weighted by molar-refractivity contribution is 5.76. The first-order valence-corrected chi connectivity index (χ1v) is 9.28. The summed E-state index contributed by atoms with van der Waals surface area (Å²) in [6.45, 7) is 8.59. The normalized spacial score (nSPS) is 22.1. The van der Waals surface area contributed by atoms with Gasteiger partial charge in [-0.1, -0.05) is 13.0 Å². The van der Waals surface area contributed by atoms with E-state index in [4.69, 9.17) is 5.73 Å². The molecule has 0 bridgehead atoms.